The summed E-state index contributed by atoms with van der Waals surface area (Å²) in [5.74, 6) is 0.0957. The second-order valence-corrected chi connectivity index (χ2v) is 8.66. The molecule has 2 heterocycles. The first-order valence-electron chi connectivity index (χ1n) is 8.18. The van der Waals surface area contributed by atoms with Gasteiger partial charge >= 0.3 is 0 Å². The smallest absolute Gasteiger partial charge is 0.214 e. The van der Waals surface area contributed by atoms with Crippen molar-refractivity contribution in [3.63, 3.8) is 0 Å². The van der Waals surface area contributed by atoms with Crippen molar-refractivity contribution >= 4 is 10.0 Å². The largest absolute Gasteiger partial charge is 0.494 e. The summed E-state index contributed by atoms with van der Waals surface area (Å²) in [5.41, 5.74) is 0.689. The Morgan fingerprint density at radius 1 is 1.38 bits per heavy atom. The molecule has 26 heavy (non-hydrogen) atoms. The summed E-state index contributed by atoms with van der Waals surface area (Å²) in [6.07, 6.45) is 3.43. The minimum atomic E-state index is -3.35. The lowest BCUT2D eigenvalue weighted by Crippen LogP contribution is -2.32. The average Bonchev–Trinajstić information content (AvgIpc) is 3.23. The van der Waals surface area contributed by atoms with Crippen LogP contribution in [0.25, 0.3) is 11.4 Å². The van der Waals surface area contributed by atoms with Gasteiger partial charge in [-0.15, -0.1) is 0 Å². The minimum absolute atomic E-state index is 0.00493. The minimum Gasteiger partial charge on any atom is -0.494 e. The van der Waals surface area contributed by atoms with E-state index in [1.54, 1.807) is 24.5 Å². The van der Waals surface area contributed by atoms with Gasteiger partial charge in [0.15, 0.2) is 11.6 Å². The van der Waals surface area contributed by atoms with Gasteiger partial charge in [0.25, 0.3) is 0 Å². The number of halogens is 1. The molecule has 1 aromatic heterocycles. The van der Waals surface area contributed by atoms with Crippen LogP contribution < -0.4 is 4.74 Å². The molecule has 9 heteroatoms. The predicted octanol–water partition coefficient (Wildman–Crippen LogP) is 1.78. The van der Waals surface area contributed by atoms with Crippen LogP contribution in [0, 0.1) is 11.7 Å². The molecule has 0 amide bonds. The Bertz CT molecular complexity index is 882. The molecule has 1 saturated heterocycles. The normalized spacial score (nSPS) is 20.7. The fourth-order valence-electron chi connectivity index (χ4n) is 3.08. The number of benzene rings is 1. The highest BCUT2D eigenvalue weighted by Gasteiger charge is 2.35. The van der Waals surface area contributed by atoms with Gasteiger partial charge in [-0.2, -0.15) is 0 Å². The highest BCUT2D eigenvalue weighted by atomic mass is 32.2. The first-order chi connectivity index (χ1) is 12.3. The number of imidazole rings is 1. The van der Waals surface area contributed by atoms with E-state index in [0.717, 1.165) is 0 Å². The van der Waals surface area contributed by atoms with Crippen LogP contribution in [0.2, 0.25) is 0 Å². The van der Waals surface area contributed by atoms with E-state index in [2.05, 4.69) is 4.98 Å². The van der Waals surface area contributed by atoms with Crippen LogP contribution in [-0.4, -0.2) is 62.4 Å². The van der Waals surface area contributed by atoms with Crippen molar-refractivity contribution < 1.29 is 22.3 Å². The Balaban J connectivity index is 1.92. The molecule has 2 aromatic rings. The van der Waals surface area contributed by atoms with Crippen LogP contribution >= 0.6 is 0 Å². The Kier molecular flexibility index (Phi) is 5.31. The number of nitrogens with zero attached hydrogens (tertiary/aromatic N) is 3. The van der Waals surface area contributed by atoms with Gasteiger partial charge in [-0.3, -0.25) is 0 Å². The van der Waals surface area contributed by atoms with E-state index < -0.39 is 15.8 Å². The summed E-state index contributed by atoms with van der Waals surface area (Å²) < 4.78 is 51.9. The highest BCUT2D eigenvalue weighted by Crippen LogP contribution is 2.33. The molecular formula is C17H22FN3O4S. The molecule has 0 unspecified atom stereocenters. The summed E-state index contributed by atoms with van der Waals surface area (Å²) in [7, 11) is 1.10. The quantitative estimate of drug-likeness (QED) is 0.760. The molecular weight excluding hydrogens is 361 g/mol. The van der Waals surface area contributed by atoms with Crippen molar-refractivity contribution in [1.82, 2.24) is 13.9 Å². The van der Waals surface area contributed by atoms with E-state index in [1.165, 1.54) is 31.6 Å². The second-order valence-electron chi connectivity index (χ2n) is 6.43. The Morgan fingerprint density at radius 3 is 2.85 bits per heavy atom. The van der Waals surface area contributed by atoms with Gasteiger partial charge in [-0.25, -0.2) is 22.1 Å². The van der Waals surface area contributed by atoms with Crippen LogP contribution in [0.4, 0.5) is 4.39 Å². The molecule has 0 bridgehead atoms. The van der Waals surface area contributed by atoms with Gasteiger partial charge in [0, 0.05) is 38.0 Å². The molecule has 0 aliphatic carbocycles. The zero-order chi connectivity index (χ0) is 18.9. The van der Waals surface area contributed by atoms with Gasteiger partial charge in [-0.1, -0.05) is 0 Å². The maximum absolute atomic E-state index is 13.7. The first kappa shape index (κ1) is 18.8. The van der Waals surface area contributed by atoms with Crippen molar-refractivity contribution in [1.29, 1.82) is 0 Å². The molecule has 0 N–H and O–H groups in total. The summed E-state index contributed by atoms with van der Waals surface area (Å²) in [5, 5.41) is 0. The topological polar surface area (TPSA) is 73.7 Å². The van der Waals surface area contributed by atoms with Crippen molar-refractivity contribution in [3.8, 4) is 17.1 Å². The van der Waals surface area contributed by atoms with Crippen molar-refractivity contribution in [2.24, 2.45) is 5.92 Å². The SMILES string of the molecule is COc1cc(-c2nccn2[C@@H]2COC[C@H]2CS(=O)(=O)N(C)C)ccc1F. The summed E-state index contributed by atoms with van der Waals surface area (Å²) >= 11 is 0. The van der Waals surface area contributed by atoms with Crippen molar-refractivity contribution in [2.75, 3.05) is 40.2 Å². The number of methoxy groups -OCH3 is 1. The molecule has 0 radical (unpaired) electrons. The zero-order valence-electron chi connectivity index (χ0n) is 14.9. The number of rotatable bonds is 6. The molecule has 1 aliphatic rings. The van der Waals surface area contributed by atoms with E-state index in [-0.39, 0.29) is 23.5 Å². The first-order valence-corrected chi connectivity index (χ1v) is 9.79. The number of sulfonamides is 1. The molecule has 1 fully saturated rings. The van der Waals surface area contributed by atoms with Crippen LogP contribution in [-0.2, 0) is 14.8 Å². The lowest BCUT2D eigenvalue weighted by atomic mass is 10.1. The van der Waals surface area contributed by atoms with E-state index in [0.29, 0.717) is 24.6 Å². The fourth-order valence-corrected chi connectivity index (χ4v) is 4.23. The van der Waals surface area contributed by atoms with E-state index >= 15 is 0 Å². The molecule has 3 rings (SSSR count). The third kappa shape index (κ3) is 3.60. The Morgan fingerprint density at radius 2 is 2.15 bits per heavy atom. The fraction of sp³-hybridized carbons (Fsp3) is 0.471. The van der Waals surface area contributed by atoms with Gasteiger partial charge in [-0.05, 0) is 18.2 Å². The van der Waals surface area contributed by atoms with Gasteiger partial charge < -0.3 is 14.0 Å². The highest BCUT2D eigenvalue weighted by molar-refractivity contribution is 7.89. The number of hydrogen-bond donors (Lipinski definition) is 0. The lowest BCUT2D eigenvalue weighted by molar-refractivity contribution is 0.182. The van der Waals surface area contributed by atoms with Crippen molar-refractivity contribution in [2.45, 2.75) is 6.04 Å². The third-order valence-electron chi connectivity index (χ3n) is 4.58. The standard InChI is InChI=1S/C17H22FN3O4S/c1-20(2)26(22,23)11-13-9-25-10-15(13)21-7-6-19-17(21)12-4-5-14(18)16(8-12)24-3/h4-8,13,15H,9-11H2,1-3H3/t13-,15+/m0/s1. The maximum atomic E-state index is 13.7. The van der Waals surface area contributed by atoms with Gasteiger partial charge in [0.05, 0.1) is 32.1 Å². The van der Waals surface area contributed by atoms with E-state index in [9.17, 15) is 12.8 Å². The summed E-state index contributed by atoms with van der Waals surface area (Å²) in [6.45, 7) is 0.761. The molecule has 2 atom stereocenters. The van der Waals surface area contributed by atoms with Gasteiger partial charge in [0.2, 0.25) is 10.0 Å². The summed E-state index contributed by atoms with van der Waals surface area (Å²) in [6, 6.07) is 4.36. The summed E-state index contributed by atoms with van der Waals surface area (Å²) in [4.78, 5) is 4.37. The Labute approximate surface area is 152 Å². The van der Waals surface area contributed by atoms with Crippen LogP contribution in [0.5, 0.6) is 5.75 Å². The predicted molar refractivity (Wildman–Crippen MR) is 95.0 cm³/mol. The lowest BCUT2D eigenvalue weighted by Gasteiger charge is -2.22. The monoisotopic (exact) mass is 383 g/mol. The van der Waals surface area contributed by atoms with Crippen molar-refractivity contribution in [3.05, 3.63) is 36.4 Å². The molecule has 142 valence electrons. The zero-order valence-corrected chi connectivity index (χ0v) is 15.7. The van der Waals surface area contributed by atoms with Crippen LogP contribution in [0.15, 0.2) is 30.6 Å². The average molecular weight is 383 g/mol. The van der Waals surface area contributed by atoms with Gasteiger partial charge in [0.1, 0.15) is 5.82 Å². The molecule has 1 aliphatic heterocycles. The third-order valence-corrected chi connectivity index (χ3v) is 6.54. The Hall–Kier alpha value is -1.97. The molecule has 0 saturated carbocycles. The van der Waals surface area contributed by atoms with E-state index in [4.69, 9.17) is 9.47 Å². The number of hydrogen-bond acceptors (Lipinski definition) is 5. The molecule has 1 aromatic carbocycles. The van der Waals surface area contributed by atoms with Crippen LogP contribution in [0.1, 0.15) is 6.04 Å². The number of ether oxygens (including phenoxy) is 2. The number of aromatic nitrogens is 2. The molecule has 0 spiro atoms. The maximum Gasteiger partial charge on any atom is 0.214 e. The van der Waals surface area contributed by atoms with Crippen LogP contribution in [0.3, 0.4) is 0 Å². The second kappa shape index (κ2) is 7.34. The van der Waals surface area contributed by atoms with E-state index in [1.807, 2.05) is 4.57 Å². The molecule has 7 nitrogen and oxygen atoms in total.